The van der Waals surface area contributed by atoms with E-state index in [0.717, 1.165) is 5.56 Å². The van der Waals surface area contributed by atoms with Crippen molar-refractivity contribution in [3.63, 3.8) is 0 Å². The zero-order valence-corrected chi connectivity index (χ0v) is 10.2. The van der Waals surface area contributed by atoms with Crippen LogP contribution in [0, 0.1) is 0 Å². The van der Waals surface area contributed by atoms with Gasteiger partial charge in [0.1, 0.15) is 0 Å². The van der Waals surface area contributed by atoms with Gasteiger partial charge in [-0.2, -0.15) is 0 Å². The standard InChI is InChI=1S/C12H15N3O4/c13-10(16)5-6-11(17)15-14-7-8-1-3-9(4-2-8)12(18)19/h1-4,14H,5-7H2,(H2,13,16)(H,15,17)(H,18,19). The van der Waals surface area contributed by atoms with Crippen molar-refractivity contribution in [2.45, 2.75) is 19.4 Å². The summed E-state index contributed by atoms with van der Waals surface area (Å²) in [5.41, 5.74) is 11.0. The minimum absolute atomic E-state index is 0.000815. The van der Waals surface area contributed by atoms with Gasteiger partial charge in [-0.25, -0.2) is 10.2 Å². The molecule has 0 saturated carbocycles. The molecule has 0 saturated heterocycles. The first-order valence-electron chi connectivity index (χ1n) is 5.61. The van der Waals surface area contributed by atoms with Crippen molar-refractivity contribution in [3.8, 4) is 0 Å². The average Bonchev–Trinajstić information content (AvgIpc) is 2.37. The molecule has 102 valence electrons. The predicted molar refractivity (Wildman–Crippen MR) is 66.8 cm³/mol. The molecule has 1 aromatic rings. The fourth-order valence-electron chi connectivity index (χ4n) is 1.31. The second-order valence-corrected chi connectivity index (χ2v) is 3.87. The summed E-state index contributed by atoms with van der Waals surface area (Å²) in [5.74, 6) is -1.85. The van der Waals surface area contributed by atoms with Crippen LogP contribution in [0.4, 0.5) is 0 Å². The fraction of sp³-hybridized carbons (Fsp3) is 0.250. The van der Waals surface area contributed by atoms with E-state index in [-0.39, 0.29) is 24.3 Å². The van der Waals surface area contributed by atoms with Crippen LogP contribution in [0.3, 0.4) is 0 Å². The van der Waals surface area contributed by atoms with Crippen molar-refractivity contribution in [1.29, 1.82) is 0 Å². The SMILES string of the molecule is NC(=O)CCC(=O)NNCc1ccc(C(=O)O)cc1. The molecule has 1 rings (SSSR count). The largest absolute Gasteiger partial charge is 0.478 e. The number of carbonyl (C=O) groups is 3. The molecule has 7 heteroatoms. The summed E-state index contributed by atoms with van der Waals surface area (Å²) in [4.78, 5) is 32.3. The molecule has 1 aromatic carbocycles. The summed E-state index contributed by atoms with van der Waals surface area (Å²) < 4.78 is 0. The summed E-state index contributed by atoms with van der Waals surface area (Å²) >= 11 is 0. The number of primary amides is 1. The molecule has 0 aliphatic rings. The van der Waals surface area contributed by atoms with Crippen LogP contribution < -0.4 is 16.6 Å². The van der Waals surface area contributed by atoms with Crippen molar-refractivity contribution in [2.75, 3.05) is 0 Å². The van der Waals surface area contributed by atoms with E-state index in [2.05, 4.69) is 10.9 Å². The van der Waals surface area contributed by atoms with Crippen LogP contribution in [-0.4, -0.2) is 22.9 Å². The van der Waals surface area contributed by atoms with Crippen LogP contribution in [0.15, 0.2) is 24.3 Å². The van der Waals surface area contributed by atoms with Crippen LogP contribution in [0.2, 0.25) is 0 Å². The summed E-state index contributed by atoms with van der Waals surface area (Å²) in [7, 11) is 0. The molecule has 0 aliphatic carbocycles. The number of amides is 2. The minimum atomic E-state index is -0.987. The monoisotopic (exact) mass is 265 g/mol. The first-order chi connectivity index (χ1) is 8.99. The van der Waals surface area contributed by atoms with Crippen LogP contribution in [0.5, 0.6) is 0 Å². The third-order valence-corrected chi connectivity index (χ3v) is 2.32. The number of rotatable bonds is 7. The second kappa shape index (κ2) is 7.12. The molecule has 5 N–H and O–H groups in total. The minimum Gasteiger partial charge on any atom is -0.478 e. The Kier molecular flexibility index (Phi) is 5.49. The summed E-state index contributed by atoms with van der Waals surface area (Å²) in [6.45, 7) is 0.349. The number of hydrogen-bond acceptors (Lipinski definition) is 4. The lowest BCUT2D eigenvalue weighted by Gasteiger charge is -2.07. The smallest absolute Gasteiger partial charge is 0.335 e. The lowest BCUT2D eigenvalue weighted by atomic mass is 10.1. The molecule has 0 spiro atoms. The number of carbonyl (C=O) groups excluding carboxylic acids is 2. The Morgan fingerprint density at radius 2 is 1.74 bits per heavy atom. The van der Waals surface area contributed by atoms with Crippen LogP contribution >= 0.6 is 0 Å². The Bertz CT molecular complexity index is 470. The van der Waals surface area contributed by atoms with Crippen LogP contribution in [0.25, 0.3) is 0 Å². The van der Waals surface area contributed by atoms with E-state index in [1.54, 1.807) is 12.1 Å². The van der Waals surface area contributed by atoms with Crippen molar-refractivity contribution in [1.82, 2.24) is 10.9 Å². The number of aromatic carboxylic acids is 1. The van der Waals surface area contributed by atoms with Gasteiger partial charge in [0.2, 0.25) is 11.8 Å². The van der Waals surface area contributed by atoms with Gasteiger partial charge >= 0.3 is 5.97 Å². The molecule has 7 nitrogen and oxygen atoms in total. The van der Waals surface area contributed by atoms with Gasteiger partial charge in [0.05, 0.1) is 5.56 Å². The summed E-state index contributed by atoms with van der Waals surface area (Å²) in [5, 5.41) is 8.72. The quantitative estimate of drug-likeness (QED) is 0.507. The zero-order chi connectivity index (χ0) is 14.3. The van der Waals surface area contributed by atoms with Gasteiger partial charge in [-0.3, -0.25) is 15.0 Å². The van der Waals surface area contributed by atoms with Gasteiger partial charge in [-0.05, 0) is 17.7 Å². The number of hydrazine groups is 1. The Balaban J connectivity index is 2.31. The molecule has 0 radical (unpaired) electrons. The highest BCUT2D eigenvalue weighted by Gasteiger charge is 2.04. The van der Waals surface area contributed by atoms with E-state index >= 15 is 0 Å². The average molecular weight is 265 g/mol. The summed E-state index contributed by atoms with van der Waals surface area (Å²) in [6, 6.07) is 6.25. The van der Waals surface area contributed by atoms with Gasteiger partial charge in [0.25, 0.3) is 0 Å². The van der Waals surface area contributed by atoms with E-state index in [1.807, 2.05) is 0 Å². The van der Waals surface area contributed by atoms with E-state index in [9.17, 15) is 14.4 Å². The van der Waals surface area contributed by atoms with Crippen LogP contribution in [-0.2, 0) is 16.1 Å². The maximum Gasteiger partial charge on any atom is 0.335 e. The Morgan fingerprint density at radius 3 is 2.26 bits per heavy atom. The van der Waals surface area contributed by atoms with Gasteiger partial charge in [-0.1, -0.05) is 12.1 Å². The maximum atomic E-state index is 11.2. The number of nitrogens with two attached hydrogens (primary N) is 1. The van der Waals surface area contributed by atoms with Gasteiger partial charge in [0, 0.05) is 19.4 Å². The van der Waals surface area contributed by atoms with Crippen LogP contribution in [0.1, 0.15) is 28.8 Å². The fourth-order valence-corrected chi connectivity index (χ4v) is 1.31. The number of carboxylic acids is 1. The normalized spacial score (nSPS) is 9.89. The Labute approximate surface area is 109 Å². The van der Waals surface area contributed by atoms with E-state index in [1.165, 1.54) is 12.1 Å². The predicted octanol–water partition coefficient (Wildman–Crippen LogP) is -0.229. The van der Waals surface area contributed by atoms with Crippen molar-refractivity contribution in [2.24, 2.45) is 5.73 Å². The second-order valence-electron chi connectivity index (χ2n) is 3.87. The maximum absolute atomic E-state index is 11.2. The van der Waals surface area contributed by atoms with Gasteiger partial charge in [-0.15, -0.1) is 0 Å². The Morgan fingerprint density at radius 1 is 1.11 bits per heavy atom. The molecule has 0 aliphatic heterocycles. The molecule has 0 bridgehead atoms. The van der Waals surface area contributed by atoms with Gasteiger partial charge in [0.15, 0.2) is 0 Å². The molecular weight excluding hydrogens is 250 g/mol. The van der Waals surface area contributed by atoms with Crippen molar-refractivity contribution < 1.29 is 19.5 Å². The summed E-state index contributed by atoms with van der Waals surface area (Å²) in [6.07, 6.45) is 0.0289. The number of hydrogen-bond donors (Lipinski definition) is 4. The van der Waals surface area contributed by atoms with Gasteiger partial charge < -0.3 is 10.8 Å². The third-order valence-electron chi connectivity index (χ3n) is 2.32. The van der Waals surface area contributed by atoms with E-state index < -0.39 is 11.9 Å². The highest BCUT2D eigenvalue weighted by Crippen LogP contribution is 2.03. The molecule has 0 atom stereocenters. The molecule has 19 heavy (non-hydrogen) atoms. The molecule has 0 unspecified atom stereocenters. The first-order valence-corrected chi connectivity index (χ1v) is 5.61. The molecule has 0 aromatic heterocycles. The number of nitrogens with one attached hydrogen (secondary N) is 2. The topological polar surface area (TPSA) is 122 Å². The lowest BCUT2D eigenvalue weighted by Crippen LogP contribution is -2.37. The highest BCUT2D eigenvalue weighted by atomic mass is 16.4. The molecule has 0 heterocycles. The lowest BCUT2D eigenvalue weighted by molar-refractivity contribution is -0.125. The highest BCUT2D eigenvalue weighted by molar-refractivity contribution is 5.87. The van der Waals surface area contributed by atoms with Crippen molar-refractivity contribution >= 4 is 17.8 Å². The molecule has 0 fully saturated rings. The number of carboxylic acid groups (broad SMARTS) is 1. The first kappa shape index (κ1) is 14.7. The zero-order valence-electron chi connectivity index (χ0n) is 10.2. The van der Waals surface area contributed by atoms with Crippen molar-refractivity contribution in [3.05, 3.63) is 35.4 Å². The molecule has 2 amide bonds. The number of benzene rings is 1. The molecular formula is C12H15N3O4. The van der Waals surface area contributed by atoms with E-state index in [4.69, 9.17) is 10.8 Å². The van der Waals surface area contributed by atoms with E-state index in [0.29, 0.717) is 6.54 Å². The Hall–Kier alpha value is -2.41. The third kappa shape index (κ3) is 5.64.